The van der Waals surface area contributed by atoms with Gasteiger partial charge in [-0.3, -0.25) is 19.3 Å². The van der Waals surface area contributed by atoms with Crippen molar-refractivity contribution in [3.63, 3.8) is 0 Å². The van der Waals surface area contributed by atoms with Crippen molar-refractivity contribution < 1.29 is 4.79 Å². The van der Waals surface area contributed by atoms with E-state index < -0.39 is 11.5 Å². The summed E-state index contributed by atoms with van der Waals surface area (Å²) in [5.41, 5.74) is 2.52. The number of carbonyl (C=O) groups excluding carboxylic acids is 1. The van der Waals surface area contributed by atoms with Gasteiger partial charge in [-0.05, 0) is 24.6 Å². The Balaban J connectivity index is 2.04. The quantitative estimate of drug-likeness (QED) is 0.762. The lowest BCUT2D eigenvalue weighted by Gasteiger charge is -2.04. The van der Waals surface area contributed by atoms with E-state index >= 15 is 0 Å². The molecule has 0 aromatic carbocycles. The highest BCUT2D eigenvalue weighted by Gasteiger charge is 2.14. The molecule has 0 spiro atoms. The van der Waals surface area contributed by atoms with Gasteiger partial charge in [0, 0.05) is 12.4 Å². The van der Waals surface area contributed by atoms with Crippen molar-refractivity contribution >= 4 is 28.0 Å². The molecule has 0 radical (unpaired) electrons. The lowest BCUT2D eigenvalue weighted by Crippen LogP contribution is -2.26. The molecule has 20 heavy (non-hydrogen) atoms. The van der Waals surface area contributed by atoms with E-state index in [1.54, 1.807) is 18.3 Å². The first-order valence-electron chi connectivity index (χ1n) is 5.71. The number of fused-ring (bicyclic) bond motifs is 1. The van der Waals surface area contributed by atoms with Crippen LogP contribution in [0.15, 0.2) is 34.8 Å². The van der Waals surface area contributed by atoms with Crippen molar-refractivity contribution in [2.45, 2.75) is 6.92 Å². The molecule has 3 heterocycles. The molecule has 1 N–H and O–H groups in total. The van der Waals surface area contributed by atoms with Gasteiger partial charge in [-0.15, -0.1) is 10.2 Å². The number of nitrogens with zero attached hydrogens (tertiary/aromatic N) is 4. The van der Waals surface area contributed by atoms with Crippen LogP contribution in [0.4, 0.5) is 5.13 Å². The van der Waals surface area contributed by atoms with Crippen LogP contribution in [-0.2, 0) is 0 Å². The standard InChI is InChI=1S/C12H9N5O2S/c1-7-2-3-17-9(4-7)13-5-8(11(17)19)10(18)15-12-16-14-6-20-12/h2-6H,1H3,(H,15,16,18). The van der Waals surface area contributed by atoms with Crippen LogP contribution in [0.2, 0.25) is 0 Å². The van der Waals surface area contributed by atoms with Gasteiger partial charge in [-0.1, -0.05) is 11.3 Å². The molecule has 3 rings (SSSR count). The minimum absolute atomic E-state index is 0.0402. The summed E-state index contributed by atoms with van der Waals surface area (Å²) in [5, 5.41) is 10.1. The Bertz CT molecular complexity index is 841. The van der Waals surface area contributed by atoms with Crippen LogP contribution in [0.1, 0.15) is 15.9 Å². The minimum atomic E-state index is -0.547. The molecule has 0 aliphatic heterocycles. The van der Waals surface area contributed by atoms with E-state index in [0.29, 0.717) is 10.8 Å². The molecule has 3 aromatic heterocycles. The van der Waals surface area contributed by atoms with E-state index in [1.165, 1.54) is 27.4 Å². The zero-order chi connectivity index (χ0) is 14.1. The van der Waals surface area contributed by atoms with E-state index in [2.05, 4.69) is 20.5 Å². The van der Waals surface area contributed by atoms with Gasteiger partial charge < -0.3 is 0 Å². The molecule has 0 saturated heterocycles. The first-order valence-corrected chi connectivity index (χ1v) is 6.58. The smallest absolute Gasteiger partial charge is 0.270 e. The number of aryl methyl sites for hydroxylation is 1. The summed E-state index contributed by atoms with van der Waals surface area (Å²) in [6.45, 7) is 1.90. The Morgan fingerprint density at radius 3 is 3.05 bits per heavy atom. The summed E-state index contributed by atoms with van der Waals surface area (Å²) in [4.78, 5) is 28.4. The van der Waals surface area contributed by atoms with E-state index in [9.17, 15) is 9.59 Å². The van der Waals surface area contributed by atoms with Crippen molar-refractivity contribution in [2.75, 3.05) is 5.32 Å². The molecule has 8 heteroatoms. The highest BCUT2D eigenvalue weighted by Crippen LogP contribution is 2.09. The third-order valence-electron chi connectivity index (χ3n) is 2.69. The van der Waals surface area contributed by atoms with Gasteiger partial charge in [0.25, 0.3) is 11.5 Å². The van der Waals surface area contributed by atoms with E-state index in [0.717, 1.165) is 5.56 Å². The molecular formula is C12H9N5O2S. The zero-order valence-corrected chi connectivity index (χ0v) is 11.2. The van der Waals surface area contributed by atoms with Crippen LogP contribution < -0.4 is 10.9 Å². The SMILES string of the molecule is Cc1ccn2c(=O)c(C(=O)Nc3nncs3)cnc2c1. The number of carbonyl (C=O) groups is 1. The largest absolute Gasteiger partial charge is 0.296 e. The van der Waals surface area contributed by atoms with Crippen LogP contribution in [0.3, 0.4) is 0 Å². The topological polar surface area (TPSA) is 89.2 Å². The van der Waals surface area contributed by atoms with Gasteiger partial charge in [0.2, 0.25) is 5.13 Å². The lowest BCUT2D eigenvalue weighted by molar-refractivity contribution is 0.102. The van der Waals surface area contributed by atoms with Crippen molar-refractivity contribution in [3.05, 3.63) is 51.5 Å². The summed E-state index contributed by atoms with van der Waals surface area (Å²) < 4.78 is 1.34. The first-order chi connectivity index (χ1) is 9.65. The maximum Gasteiger partial charge on any atom is 0.270 e. The normalized spacial score (nSPS) is 10.7. The molecule has 1 amide bonds. The third-order valence-corrected chi connectivity index (χ3v) is 3.30. The second kappa shape index (κ2) is 4.82. The van der Waals surface area contributed by atoms with Crippen molar-refractivity contribution in [2.24, 2.45) is 0 Å². The van der Waals surface area contributed by atoms with Crippen LogP contribution >= 0.6 is 11.3 Å². The highest BCUT2D eigenvalue weighted by atomic mass is 32.1. The Morgan fingerprint density at radius 1 is 1.45 bits per heavy atom. The number of pyridine rings is 1. The predicted molar refractivity (Wildman–Crippen MR) is 74.1 cm³/mol. The molecule has 0 saturated carbocycles. The molecule has 0 atom stereocenters. The van der Waals surface area contributed by atoms with Gasteiger partial charge in [-0.2, -0.15) is 0 Å². The molecular weight excluding hydrogens is 278 g/mol. The van der Waals surface area contributed by atoms with Gasteiger partial charge in [0.1, 0.15) is 16.7 Å². The molecule has 0 aliphatic carbocycles. The van der Waals surface area contributed by atoms with Gasteiger partial charge in [0.05, 0.1) is 0 Å². The Hall–Kier alpha value is -2.61. The van der Waals surface area contributed by atoms with Crippen LogP contribution in [-0.4, -0.2) is 25.5 Å². The number of hydrogen-bond donors (Lipinski definition) is 1. The summed E-state index contributed by atoms with van der Waals surface area (Å²) in [7, 11) is 0. The van der Waals surface area contributed by atoms with Gasteiger partial charge >= 0.3 is 0 Å². The van der Waals surface area contributed by atoms with Crippen molar-refractivity contribution in [1.82, 2.24) is 19.6 Å². The van der Waals surface area contributed by atoms with Crippen LogP contribution in [0, 0.1) is 6.92 Å². The van der Waals surface area contributed by atoms with E-state index in [-0.39, 0.29) is 5.56 Å². The van der Waals surface area contributed by atoms with Gasteiger partial charge in [0.15, 0.2) is 0 Å². The number of amides is 1. The van der Waals surface area contributed by atoms with Crippen molar-refractivity contribution in [1.29, 1.82) is 0 Å². The number of nitrogens with one attached hydrogen (secondary N) is 1. The zero-order valence-electron chi connectivity index (χ0n) is 10.4. The summed E-state index contributed by atoms with van der Waals surface area (Å²) >= 11 is 1.17. The fourth-order valence-corrected chi connectivity index (χ4v) is 2.16. The number of hydrogen-bond acceptors (Lipinski definition) is 6. The van der Waals surface area contributed by atoms with Crippen LogP contribution in [0.5, 0.6) is 0 Å². The fraction of sp³-hybridized carbons (Fsp3) is 0.0833. The third kappa shape index (κ3) is 2.16. The number of anilines is 1. The number of rotatable bonds is 2. The maximum atomic E-state index is 12.2. The van der Waals surface area contributed by atoms with E-state index in [4.69, 9.17) is 0 Å². The minimum Gasteiger partial charge on any atom is -0.296 e. The average molecular weight is 287 g/mol. The summed E-state index contributed by atoms with van der Waals surface area (Å²) in [5.74, 6) is -0.547. The van der Waals surface area contributed by atoms with Crippen molar-refractivity contribution in [3.8, 4) is 0 Å². The highest BCUT2D eigenvalue weighted by molar-refractivity contribution is 7.13. The average Bonchev–Trinajstić information content (AvgIpc) is 2.91. The molecule has 0 unspecified atom stereocenters. The number of aromatic nitrogens is 4. The summed E-state index contributed by atoms with van der Waals surface area (Å²) in [6.07, 6.45) is 2.87. The lowest BCUT2D eigenvalue weighted by atomic mass is 10.2. The monoisotopic (exact) mass is 287 g/mol. The Kier molecular flexibility index (Phi) is 2.99. The molecule has 0 fully saturated rings. The molecule has 7 nitrogen and oxygen atoms in total. The molecule has 3 aromatic rings. The molecule has 100 valence electrons. The van der Waals surface area contributed by atoms with Gasteiger partial charge in [-0.25, -0.2) is 4.98 Å². The Morgan fingerprint density at radius 2 is 2.30 bits per heavy atom. The molecule has 0 bridgehead atoms. The summed E-state index contributed by atoms with van der Waals surface area (Å²) in [6, 6.07) is 3.55. The first kappa shape index (κ1) is 12.4. The fourth-order valence-electron chi connectivity index (χ4n) is 1.72. The van der Waals surface area contributed by atoms with E-state index in [1.807, 2.05) is 6.92 Å². The second-order valence-corrected chi connectivity index (χ2v) is 4.94. The predicted octanol–water partition coefficient (Wildman–Crippen LogP) is 1.11. The maximum absolute atomic E-state index is 12.2. The molecule has 0 aliphatic rings. The second-order valence-electron chi connectivity index (χ2n) is 4.11. The van der Waals surface area contributed by atoms with Crippen LogP contribution in [0.25, 0.3) is 5.65 Å². The Labute approximate surface area is 116 Å².